The quantitative estimate of drug-likeness (QED) is 0.901. The molecule has 6 heteroatoms. The van der Waals surface area contributed by atoms with Gasteiger partial charge in [0.25, 0.3) is 0 Å². The monoisotopic (exact) mass is 337 g/mol. The highest BCUT2D eigenvalue weighted by molar-refractivity contribution is 9.10. The number of hydrogen-bond donors (Lipinski definition) is 1. The highest BCUT2D eigenvalue weighted by atomic mass is 79.9. The van der Waals surface area contributed by atoms with E-state index in [1.807, 2.05) is 49.7 Å². The third-order valence-corrected chi connectivity index (χ3v) is 2.95. The van der Waals surface area contributed by atoms with Crippen LogP contribution >= 0.6 is 15.9 Å². The van der Waals surface area contributed by atoms with Crippen molar-refractivity contribution in [2.24, 2.45) is 0 Å². The van der Waals surface area contributed by atoms with Crippen molar-refractivity contribution in [1.82, 2.24) is 9.55 Å². The van der Waals surface area contributed by atoms with Gasteiger partial charge in [0.05, 0.1) is 0 Å². The second-order valence-corrected chi connectivity index (χ2v) is 5.95. The van der Waals surface area contributed by atoms with Gasteiger partial charge >= 0.3 is 6.09 Å². The molecule has 1 amide bonds. The first kappa shape index (κ1) is 14.6. The Labute approximate surface area is 126 Å². The number of imidazole rings is 1. The molecule has 0 atom stereocenters. The molecule has 0 fully saturated rings. The Hall–Kier alpha value is -1.82. The zero-order valence-electron chi connectivity index (χ0n) is 11.6. The molecule has 0 saturated heterocycles. The van der Waals surface area contributed by atoms with Crippen LogP contribution in [0.25, 0.3) is 5.69 Å². The van der Waals surface area contributed by atoms with Crippen LogP contribution in [0.3, 0.4) is 0 Å². The van der Waals surface area contributed by atoms with Crippen LogP contribution in [0.1, 0.15) is 20.8 Å². The van der Waals surface area contributed by atoms with Crippen molar-refractivity contribution in [3.63, 3.8) is 0 Å². The fourth-order valence-electron chi connectivity index (χ4n) is 1.63. The number of halogens is 1. The summed E-state index contributed by atoms with van der Waals surface area (Å²) < 4.78 is 7.78. The van der Waals surface area contributed by atoms with Gasteiger partial charge < -0.3 is 4.74 Å². The SMILES string of the molecule is CC(C)(C)OC(=O)Nc1cccc(-n2ccnc2Br)c1. The Kier molecular flexibility index (Phi) is 4.13. The number of aromatic nitrogens is 2. The maximum absolute atomic E-state index is 11.7. The standard InChI is InChI=1S/C14H16BrN3O2/c1-14(2,3)20-13(19)17-10-5-4-6-11(9-10)18-8-7-16-12(18)15/h4-9H,1-3H3,(H,17,19). The van der Waals surface area contributed by atoms with E-state index in [0.29, 0.717) is 10.4 Å². The maximum atomic E-state index is 11.7. The van der Waals surface area contributed by atoms with Crippen molar-refractivity contribution < 1.29 is 9.53 Å². The summed E-state index contributed by atoms with van der Waals surface area (Å²) in [6, 6.07) is 7.43. The van der Waals surface area contributed by atoms with E-state index in [1.54, 1.807) is 12.3 Å². The van der Waals surface area contributed by atoms with Crippen LogP contribution < -0.4 is 5.32 Å². The molecule has 1 heterocycles. The molecule has 0 saturated carbocycles. The summed E-state index contributed by atoms with van der Waals surface area (Å²) in [5, 5.41) is 2.71. The van der Waals surface area contributed by atoms with Gasteiger partial charge in [0.2, 0.25) is 0 Å². The molecule has 0 aliphatic rings. The summed E-state index contributed by atoms with van der Waals surface area (Å²) in [6.07, 6.45) is 3.05. The van der Waals surface area contributed by atoms with Crippen molar-refractivity contribution in [2.45, 2.75) is 26.4 Å². The Morgan fingerprint density at radius 2 is 2.15 bits per heavy atom. The molecule has 20 heavy (non-hydrogen) atoms. The largest absolute Gasteiger partial charge is 0.444 e. The molecule has 5 nitrogen and oxygen atoms in total. The van der Waals surface area contributed by atoms with Gasteiger partial charge in [-0.05, 0) is 54.9 Å². The Bertz CT molecular complexity index is 617. The van der Waals surface area contributed by atoms with E-state index in [0.717, 1.165) is 5.69 Å². The summed E-state index contributed by atoms with van der Waals surface area (Å²) in [5.41, 5.74) is 1.04. The summed E-state index contributed by atoms with van der Waals surface area (Å²) in [4.78, 5) is 15.8. The third-order valence-electron chi connectivity index (χ3n) is 2.37. The number of rotatable bonds is 2. The maximum Gasteiger partial charge on any atom is 0.412 e. The predicted octanol–water partition coefficient (Wildman–Crippen LogP) is 3.98. The summed E-state index contributed by atoms with van der Waals surface area (Å²) >= 11 is 3.36. The zero-order valence-corrected chi connectivity index (χ0v) is 13.1. The highest BCUT2D eigenvalue weighted by Crippen LogP contribution is 2.19. The molecular weight excluding hydrogens is 322 g/mol. The van der Waals surface area contributed by atoms with Gasteiger partial charge in [-0.15, -0.1) is 0 Å². The summed E-state index contributed by atoms with van der Waals surface area (Å²) in [5.74, 6) is 0. The van der Waals surface area contributed by atoms with Crippen LogP contribution in [-0.4, -0.2) is 21.2 Å². The minimum atomic E-state index is -0.519. The van der Waals surface area contributed by atoms with E-state index in [-0.39, 0.29) is 0 Å². The first-order valence-corrected chi connectivity index (χ1v) is 6.94. The van der Waals surface area contributed by atoms with E-state index in [2.05, 4.69) is 26.2 Å². The van der Waals surface area contributed by atoms with Crippen molar-refractivity contribution in [3.05, 3.63) is 41.4 Å². The molecule has 106 valence electrons. The van der Waals surface area contributed by atoms with Gasteiger partial charge in [0, 0.05) is 23.8 Å². The molecule has 2 aromatic rings. The van der Waals surface area contributed by atoms with Gasteiger partial charge in [0.1, 0.15) is 5.60 Å². The smallest absolute Gasteiger partial charge is 0.412 e. The van der Waals surface area contributed by atoms with Crippen LogP contribution in [0.2, 0.25) is 0 Å². The average Bonchev–Trinajstić information content (AvgIpc) is 2.73. The lowest BCUT2D eigenvalue weighted by atomic mass is 10.2. The molecule has 0 bridgehead atoms. The fraction of sp³-hybridized carbons (Fsp3) is 0.286. The minimum Gasteiger partial charge on any atom is -0.444 e. The molecule has 0 radical (unpaired) electrons. The minimum absolute atomic E-state index is 0.473. The topological polar surface area (TPSA) is 56.1 Å². The Morgan fingerprint density at radius 1 is 1.40 bits per heavy atom. The molecule has 1 aromatic carbocycles. The normalized spacial score (nSPS) is 11.2. The second-order valence-electron chi connectivity index (χ2n) is 5.24. The van der Waals surface area contributed by atoms with E-state index in [9.17, 15) is 4.79 Å². The Morgan fingerprint density at radius 3 is 2.75 bits per heavy atom. The zero-order chi connectivity index (χ0) is 14.8. The highest BCUT2D eigenvalue weighted by Gasteiger charge is 2.16. The number of benzene rings is 1. The van der Waals surface area contributed by atoms with Crippen LogP contribution in [0.5, 0.6) is 0 Å². The van der Waals surface area contributed by atoms with Gasteiger partial charge in [-0.1, -0.05) is 6.07 Å². The predicted molar refractivity (Wildman–Crippen MR) is 81.1 cm³/mol. The van der Waals surface area contributed by atoms with Crippen LogP contribution in [-0.2, 0) is 4.74 Å². The molecule has 2 rings (SSSR count). The number of amides is 1. The van der Waals surface area contributed by atoms with Crippen molar-refractivity contribution >= 4 is 27.7 Å². The van der Waals surface area contributed by atoms with Crippen LogP contribution in [0.4, 0.5) is 10.5 Å². The van der Waals surface area contributed by atoms with Crippen LogP contribution in [0.15, 0.2) is 41.4 Å². The fourth-order valence-corrected chi connectivity index (χ4v) is 2.07. The molecule has 1 aromatic heterocycles. The molecule has 0 aliphatic heterocycles. The lowest BCUT2D eigenvalue weighted by molar-refractivity contribution is 0.0636. The number of anilines is 1. The lowest BCUT2D eigenvalue weighted by Gasteiger charge is -2.19. The van der Waals surface area contributed by atoms with Gasteiger partial charge in [0.15, 0.2) is 4.73 Å². The van der Waals surface area contributed by atoms with Crippen molar-refractivity contribution in [3.8, 4) is 5.69 Å². The van der Waals surface area contributed by atoms with E-state index >= 15 is 0 Å². The van der Waals surface area contributed by atoms with E-state index in [1.165, 1.54) is 0 Å². The van der Waals surface area contributed by atoms with Gasteiger partial charge in [-0.2, -0.15) is 0 Å². The number of carbonyl (C=O) groups is 1. The molecular formula is C14H16BrN3O2. The summed E-state index contributed by atoms with van der Waals surface area (Å²) in [7, 11) is 0. The summed E-state index contributed by atoms with van der Waals surface area (Å²) in [6.45, 7) is 5.48. The van der Waals surface area contributed by atoms with E-state index < -0.39 is 11.7 Å². The molecule has 0 aliphatic carbocycles. The molecule has 1 N–H and O–H groups in total. The van der Waals surface area contributed by atoms with Crippen molar-refractivity contribution in [2.75, 3.05) is 5.32 Å². The number of nitrogens with one attached hydrogen (secondary N) is 1. The third kappa shape index (κ3) is 3.84. The number of nitrogens with zero attached hydrogens (tertiary/aromatic N) is 2. The van der Waals surface area contributed by atoms with Crippen molar-refractivity contribution in [1.29, 1.82) is 0 Å². The first-order valence-electron chi connectivity index (χ1n) is 6.14. The number of carbonyl (C=O) groups excluding carboxylic acids is 1. The molecule has 0 unspecified atom stereocenters. The molecule has 0 spiro atoms. The first-order chi connectivity index (χ1) is 9.35. The van der Waals surface area contributed by atoms with Gasteiger partial charge in [-0.25, -0.2) is 9.78 Å². The second kappa shape index (κ2) is 5.66. The van der Waals surface area contributed by atoms with Gasteiger partial charge in [-0.3, -0.25) is 9.88 Å². The number of ether oxygens (including phenoxy) is 1. The lowest BCUT2D eigenvalue weighted by Crippen LogP contribution is -2.27. The average molecular weight is 338 g/mol. The number of hydrogen-bond acceptors (Lipinski definition) is 3. The Balaban J connectivity index is 2.15. The van der Waals surface area contributed by atoms with E-state index in [4.69, 9.17) is 4.74 Å². The van der Waals surface area contributed by atoms with Crippen LogP contribution in [0, 0.1) is 0 Å².